The Morgan fingerprint density at radius 3 is 2.56 bits per heavy atom. The van der Waals surface area contributed by atoms with Crippen LogP contribution in [0.2, 0.25) is 0 Å². The first kappa shape index (κ1) is 19.7. The molecule has 1 aliphatic heterocycles. The van der Waals surface area contributed by atoms with Gasteiger partial charge in [-0.15, -0.1) is 0 Å². The second kappa shape index (κ2) is 11.8. The molecular weight excluding hydrogens is 318 g/mol. The van der Waals surface area contributed by atoms with Crippen molar-refractivity contribution < 1.29 is 14.2 Å². The predicted octanol–water partition coefficient (Wildman–Crippen LogP) is 2.08. The Bertz CT molecular complexity index is 499. The third-order valence-corrected chi connectivity index (χ3v) is 4.18. The average molecular weight is 349 g/mol. The molecule has 1 heterocycles. The number of ether oxygens (including phenoxy) is 3. The van der Waals surface area contributed by atoms with Gasteiger partial charge in [0.05, 0.1) is 12.7 Å². The van der Waals surface area contributed by atoms with E-state index < -0.39 is 0 Å². The Balaban J connectivity index is 1.68. The van der Waals surface area contributed by atoms with Gasteiger partial charge in [0.1, 0.15) is 0 Å². The molecule has 0 atom stereocenters. The molecule has 1 aliphatic rings. The van der Waals surface area contributed by atoms with Crippen molar-refractivity contribution in [2.45, 2.75) is 38.5 Å². The first-order chi connectivity index (χ1) is 12.3. The van der Waals surface area contributed by atoms with E-state index in [9.17, 15) is 0 Å². The van der Waals surface area contributed by atoms with Crippen molar-refractivity contribution >= 4 is 5.96 Å². The van der Waals surface area contributed by atoms with E-state index in [1.807, 2.05) is 0 Å². The number of hydrogen-bond acceptors (Lipinski definition) is 4. The molecule has 2 rings (SSSR count). The molecule has 0 radical (unpaired) electrons. The predicted molar refractivity (Wildman–Crippen MR) is 99.8 cm³/mol. The van der Waals surface area contributed by atoms with Crippen LogP contribution in [0.25, 0.3) is 0 Å². The van der Waals surface area contributed by atoms with Crippen molar-refractivity contribution in [2.24, 2.45) is 4.99 Å². The summed E-state index contributed by atoms with van der Waals surface area (Å²) in [6, 6.07) is 8.53. The molecule has 1 aromatic carbocycles. The Hall–Kier alpha value is -1.63. The summed E-state index contributed by atoms with van der Waals surface area (Å²) < 4.78 is 16.3. The Kier molecular flexibility index (Phi) is 9.33. The zero-order valence-electron chi connectivity index (χ0n) is 15.4. The highest BCUT2D eigenvalue weighted by Crippen LogP contribution is 2.14. The summed E-state index contributed by atoms with van der Waals surface area (Å²) in [6.45, 7) is 4.63. The second-order valence-corrected chi connectivity index (χ2v) is 6.14. The minimum absolute atomic E-state index is 0.336. The lowest BCUT2D eigenvalue weighted by Crippen LogP contribution is -2.37. The van der Waals surface area contributed by atoms with Gasteiger partial charge in [0, 0.05) is 47.1 Å². The number of rotatable bonds is 9. The van der Waals surface area contributed by atoms with Crippen molar-refractivity contribution in [1.82, 2.24) is 10.6 Å². The minimum Gasteiger partial charge on any atom is -0.385 e. The van der Waals surface area contributed by atoms with Crippen LogP contribution in [0.1, 0.15) is 30.4 Å². The molecule has 25 heavy (non-hydrogen) atoms. The van der Waals surface area contributed by atoms with Gasteiger partial charge >= 0.3 is 0 Å². The van der Waals surface area contributed by atoms with Crippen LogP contribution >= 0.6 is 0 Å². The molecule has 0 unspecified atom stereocenters. The van der Waals surface area contributed by atoms with Gasteiger partial charge in [0.15, 0.2) is 5.96 Å². The second-order valence-electron chi connectivity index (χ2n) is 6.14. The number of nitrogens with zero attached hydrogens (tertiary/aromatic N) is 1. The standard InChI is InChI=1S/C19H31N3O3/c1-20-19(21-10-3-11-23-2)22-14-16-4-6-17(7-5-16)15-25-18-8-12-24-13-9-18/h4-7,18H,3,8-15H2,1-2H3,(H2,20,21,22). The monoisotopic (exact) mass is 349 g/mol. The van der Waals surface area contributed by atoms with Gasteiger partial charge in [0.25, 0.3) is 0 Å². The fourth-order valence-electron chi connectivity index (χ4n) is 2.64. The summed E-state index contributed by atoms with van der Waals surface area (Å²) >= 11 is 0. The minimum atomic E-state index is 0.336. The zero-order valence-corrected chi connectivity index (χ0v) is 15.4. The number of benzene rings is 1. The van der Waals surface area contributed by atoms with Crippen LogP contribution in [0.5, 0.6) is 0 Å². The topological polar surface area (TPSA) is 64.1 Å². The van der Waals surface area contributed by atoms with Crippen LogP contribution in [-0.4, -0.2) is 52.6 Å². The first-order valence-corrected chi connectivity index (χ1v) is 9.02. The lowest BCUT2D eigenvalue weighted by Gasteiger charge is -2.22. The summed E-state index contributed by atoms with van der Waals surface area (Å²) in [4.78, 5) is 4.22. The van der Waals surface area contributed by atoms with E-state index >= 15 is 0 Å². The Morgan fingerprint density at radius 1 is 1.16 bits per heavy atom. The highest BCUT2D eigenvalue weighted by Gasteiger charge is 2.13. The molecule has 2 N–H and O–H groups in total. The van der Waals surface area contributed by atoms with Crippen molar-refractivity contribution in [1.29, 1.82) is 0 Å². The maximum atomic E-state index is 5.95. The molecule has 0 saturated carbocycles. The van der Waals surface area contributed by atoms with Gasteiger partial charge in [-0.1, -0.05) is 24.3 Å². The van der Waals surface area contributed by atoms with Gasteiger partial charge in [0.2, 0.25) is 0 Å². The van der Waals surface area contributed by atoms with E-state index in [1.165, 1.54) is 11.1 Å². The van der Waals surface area contributed by atoms with Crippen molar-refractivity contribution in [3.8, 4) is 0 Å². The van der Waals surface area contributed by atoms with Crippen LogP contribution < -0.4 is 10.6 Å². The van der Waals surface area contributed by atoms with E-state index in [1.54, 1.807) is 14.2 Å². The quantitative estimate of drug-likeness (QED) is 0.406. The maximum absolute atomic E-state index is 5.95. The molecule has 0 amide bonds. The van der Waals surface area contributed by atoms with Crippen LogP contribution in [-0.2, 0) is 27.4 Å². The summed E-state index contributed by atoms with van der Waals surface area (Å²) in [5.74, 6) is 0.808. The molecular formula is C19H31N3O3. The summed E-state index contributed by atoms with van der Waals surface area (Å²) in [5.41, 5.74) is 2.42. The van der Waals surface area contributed by atoms with Gasteiger partial charge in [-0.3, -0.25) is 4.99 Å². The van der Waals surface area contributed by atoms with Crippen LogP contribution in [0.4, 0.5) is 0 Å². The highest BCUT2D eigenvalue weighted by atomic mass is 16.5. The van der Waals surface area contributed by atoms with E-state index in [2.05, 4.69) is 39.9 Å². The largest absolute Gasteiger partial charge is 0.385 e. The number of methoxy groups -OCH3 is 1. The molecule has 6 nitrogen and oxygen atoms in total. The molecule has 1 aromatic rings. The lowest BCUT2D eigenvalue weighted by atomic mass is 10.1. The van der Waals surface area contributed by atoms with Crippen molar-refractivity contribution in [3.05, 3.63) is 35.4 Å². The molecule has 0 spiro atoms. The Morgan fingerprint density at radius 2 is 1.88 bits per heavy atom. The molecule has 0 aliphatic carbocycles. The highest BCUT2D eigenvalue weighted by molar-refractivity contribution is 5.79. The fraction of sp³-hybridized carbons (Fsp3) is 0.632. The van der Waals surface area contributed by atoms with Crippen LogP contribution in [0, 0.1) is 0 Å². The lowest BCUT2D eigenvalue weighted by molar-refractivity contribution is -0.0390. The summed E-state index contributed by atoms with van der Waals surface area (Å²) in [5, 5.41) is 6.59. The van der Waals surface area contributed by atoms with Gasteiger partial charge in [-0.25, -0.2) is 0 Å². The zero-order chi connectivity index (χ0) is 17.7. The molecule has 6 heteroatoms. The number of nitrogens with one attached hydrogen (secondary N) is 2. The van der Waals surface area contributed by atoms with E-state index in [0.717, 1.165) is 58.1 Å². The van der Waals surface area contributed by atoms with E-state index in [0.29, 0.717) is 12.7 Å². The summed E-state index contributed by atoms with van der Waals surface area (Å²) in [6.07, 6.45) is 3.29. The van der Waals surface area contributed by atoms with Crippen LogP contribution in [0.15, 0.2) is 29.3 Å². The third kappa shape index (κ3) is 7.86. The summed E-state index contributed by atoms with van der Waals surface area (Å²) in [7, 11) is 3.49. The first-order valence-electron chi connectivity index (χ1n) is 9.02. The van der Waals surface area contributed by atoms with Gasteiger partial charge < -0.3 is 24.8 Å². The SMILES string of the molecule is CN=C(NCCCOC)NCc1ccc(COC2CCOCC2)cc1. The molecule has 0 aromatic heterocycles. The van der Waals surface area contributed by atoms with Crippen molar-refractivity contribution in [2.75, 3.05) is 40.5 Å². The average Bonchev–Trinajstić information content (AvgIpc) is 2.67. The molecule has 0 bridgehead atoms. The van der Waals surface area contributed by atoms with E-state index in [-0.39, 0.29) is 0 Å². The molecule has 140 valence electrons. The van der Waals surface area contributed by atoms with Gasteiger partial charge in [-0.05, 0) is 30.4 Å². The van der Waals surface area contributed by atoms with Crippen LogP contribution in [0.3, 0.4) is 0 Å². The third-order valence-electron chi connectivity index (χ3n) is 4.18. The maximum Gasteiger partial charge on any atom is 0.191 e. The van der Waals surface area contributed by atoms with Crippen molar-refractivity contribution in [3.63, 3.8) is 0 Å². The number of hydrogen-bond donors (Lipinski definition) is 2. The number of aliphatic imine (C=N–C) groups is 1. The Labute approximate surface area is 151 Å². The molecule has 1 fully saturated rings. The normalized spacial score (nSPS) is 16.0. The molecule has 1 saturated heterocycles. The smallest absolute Gasteiger partial charge is 0.191 e. The number of guanidine groups is 1. The van der Waals surface area contributed by atoms with Gasteiger partial charge in [-0.2, -0.15) is 0 Å². The van der Waals surface area contributed by atoms with E-state index in [4.69, 9.17) is 14.2 Å². The fourth-order valence-corrected chi connectivity index (χ4v) is 2.64.